The van der Waals surface area contributed by atoms with Crippen LogP contribution in [0.2, 0.25) is 0 Å². The molecule has 4 aromatic carbocycles. The fourth-order valence-corrected chi connectivity index (χ4v) is 6.76. The summed E-state index contributed by atoms with van der Waals surface area (Å²) in [5, 5.41) is 22.4. The van der Waals surface area contributed by atoms with Crippen LogP contribution in [0.15, 0.2) is 108 Å². The Morgan fingerprint density at radius 2 is 1.60 bits per heavy atom. The first-order valence-corrected chi connectivity index (χ1v) is 15.7. The van der Waals surface area contributed by atoms with E-state index in [1.54, 1.807) is 30.4 Å². The summed E-state index contributed by atoms with van der Waals surface area (Å²) in [5.41, 5.74) is -1.25. The standard InChI is InChI=1S/C41H31F3N4O2/c1-40(2)30-21-26(47(5)24-13-9-7-10-14-24)17-19-28(30)32(29-20-18-27(22-31(29)40)48(6)25-15-11-8-12-16-25)33-34(39(49)50)37(43)38(44)35(36(33)42)41(3,23-45)46-4/h7-22H,1-3,5-6H3. The van der Waals surface area contributed by atoms with Gasteiger partial charge in [0.2, 0.25) is 11.4 Å². The molecular weight excluding hydrogens is 637 g/mol. The highest BCUT2D eigenvalue weighted by Crippen LogP contribution is 2.52. The number of nitrogens with zero attached hydrogens (tertiary/aromatic N) is 4. The molecule has 0 bridgehead atoms. The fraction of sp³-hybridized carbons (Fsp3) is 0.171. The number of aromatic carboxylic acids is 1. The molecule has 0 aromatic heterocycles. The van der Waals surface area contributed by atoms with Crippen molar-refractivity contribution in [1.82, 2.24) is 0 Å². The van der Waals surface area contributed by atoms with Crippen molar-refractivity contribution >= 4 is 34.3 Å². The largest absolute Gasteiger partial charge is 0.545 e. The van der Waals surface area contributed by atoms with Crippen molar-refractivity contribution in [2.45, 2.75) is 31.7 Å². The van der Waals surface area contributed by atoms with Gasteiger partial charge >= 0.3 is 5.54 Å². The van der Waals surface area contributed by atoms with Crippen LogP contribution < -0.4 is 10.0 Å². The maximum absolute atomic E-state index is 17.0. The number of hydrogen-bond donors (Lipinski definition) is 0. The molecule has 6 nitrogen and oxygen atoms in total. The second-order valence-corrected chi connectivity index (χ2v) is 12.9. The quantitative estimate of drug-likeness (QED) is 0.119. The lowest BCUT2D eigenvalue weighted by molar-refractivity contribution is -0.403. The Balaban J connectivity index is 1.75. The minimum atomic E-state index is -2.50. The second kappa shape index (κ2) is 12.4. The number of carboxylic acid groups (broad SMARTS) is 1. The normalized spacial score (nSPS) is 16.6. The lowest BCUT2D eigenvalue weighted by Gasteiger charge is -2.40. The van der Waals surface area contributed by atoms with Gasteiger partial charge in [-0.2, -0.15) is 9.84 Å². The summed E-state index contributed by atoms with van der Waals surface area (Å²) in [6.45, 7) is 12.5. The van der Waals surface area contributed by atoms with Crippen molar-refractivity contribution in [3.8, 4) is 6.07 Å². The van der Waals surface area contributed by atoms with Crippen LogP contribution in [0, 0.1) is 35.4 Å². The molecule has 2 aliphatic carbocycles. The number of rotatable bonds is 6. The average molecular weight is 669 g/mol. The van der Waals surface area contributed by atoms with Crippen LogP contribution in [0.25, 0.3) is 10.4 Å². The number of para-hydroxylation sites is 2. The Kier molecular flexibility index (Phi) is 8.33. The Morgan fingerprint density at radius 1 is 0.960 bits per heavy atom. The summed E-state index contributed by atoms with van der Waals surface area (Å²) >= 11 is 0. The molecule has 50 heavy (non-hydrogen) atoms. The molecule has 0 amide bonds. The fourth-order valence-electron chi connectivity index (χ4n) is 6.76. The maximum Gasteiger partial charge on any atom is 0.343 e. The number of carbonyl (C=O) groups is 1. The summed E-state index contributed by atoms with van der Waals surface area (Å²) in [6, 6.07) is 26.2. The predicted molar refractivity (Wildman–Crippen MR) is 185 cm³/mol. The zero-order valence-electron chi connectivity index (χ0n) is 28.0. The lowest BCUT2D eigenvalue weighted by atomic mass is 9.63. The van der Waals surface area contributed by atoms with Gasteiger partial charge in [0.05, 0.1) is 5.97 Å². The maximum atomic E-state index is 17.0. The molecule has 0 saturated heterocycles. The van der Waals surface area contributed by atoms with E-state index >= 15 is 13.2 Å². The number of benzene rings is 4. The predicted octanol–water partition coefficient (Wildman–Crippen LogP) is 7.90. The number of allylic oxidation sites excluding steroid dienone is 5. The van der Waals surface area contributed by atoms with E-state index in [0.29, 0.717) is 22.3 Å². The Bertz CT molecular complexity index is 2290. The third-order valence-corrected chi connectivity index (χ3v) is 9.66. The molecule has 0 N–H and O–H groups in total. The lowest BCUT2D eigenvalue weighted by Crippen LogP contribution is -2.33. The van der Waals surface area contributed by atoms with Crippen molar-refractivity contribution in [2.75, 3.05) is 19.0 Å². The Labute approximate surface area is 288 Å². The van der Waals surface area contributed by atoms with E-state index in [1.165, 1.54) is 0 Å². The monoisotopic (exact) mass is 668 g/mol. The van der Waals surface area contributed by atoms with Crippen LogP contribution in [0.4, 0.5) is 30.2 Å². The number of fused-ring (bicyclic) bond motifs is 2. The summed E-state index contributed by atoms with van der Waals surface area (Å²) < 4.78 is 50.5. The third-order valence-electron chi connectivity index (χ3n) is 9.66. The van der Waals surface area contributed by atoms with Gasteiger partial charge in [0.25, 0.3) is 0 Å². The molecule has 2 aliphatic rings. The van der Waals surface area contributed by atoms with Crippen molar-refractivity contribution in [3.05, 3.63) is 165 Å². The molecule has 0 spiro atoms. The number of hydrogen-bond acceptors (Lipinski definition) is 4. The zero-order chi connectivity index (χ0) is 36.1. The Hall–Kier alpha value is -6.19. The van der Waals surface area contributed by atoms with Gasteiger partial charge in [-0.3, -0.25) is 4.85 Å². The van der Waals surface area contributed by atoms with Gasteiger partial charge in [-0.15, -0.1) is 0 Å². The molecule has 9 heteroatoms. The summed E-state index contributed by atoms with van der Waals surface area (Å²) in [4.78, 5) is 17.7. The van der Waals surface area contributed by atoms with Gasteiger partial charge in [-0.1, -0.05) is 56.3 Å². The van der Waals surface area contributed by atoms with E-state index in [0.717, 1.165) is 29.7 Å². The molecule has 0 heterocycles. The number of nitriles is 1. The smallest absolute Gasteiger partial charge is 0.343 e. The first-order chi connectivity index (χ1) is 23.8. The SMILES string of the molecule is [C-]#[N+]C(C)(C#N)c1c(F)c(F)c(C(=O)[O-])c(C2=C3C=CC(=[N+](C)c4ccccc4)C=C3C(C)(C)c3cc(N(C)c4ccccc4)ccc32)c1F. The molecule has 0 saturated carbocycles. The van der Waals surface area contributed by atoms with Crippen LogP contribution >= 0.6 is 0 Å². The summed E-state index contributed by atoms with van der Waals surface area (Å²) in [7, 11) is 3.78. The first-order valence-electron chi connectivity index (χ1n) is 15.7. The van der Waals surface area contributed by atoms with Gasteiger partial charge in [0, 0.05) is 71.7 Å². The molecule has 1 unspecified atom stereocenters. The molecule has 0 radical (unpaired) electrons. The minimum absolute atomic E-state index is 0.0285. The van der Waals surface area contributed by atoms with Gasteiger partial charge in [-0.25, -0.2) is 19.7 Å². The zero-order valence-corrected chi connectivity index (χ0v) is 28.0. The van der Waals surface area contributed by atoms with Crippen molar-refractivity contribution in [1.29, 1.82) is 5.26 Å². The van der Waals surface area contributed by atoms with Crippen LogP contribution in [-0.4, -0.2) is 30.4 Å². The number of carbonyl (C=O) groups excluding carboxylic acids is 1. The Morgan fingerprint density at radius 3 is 2.20 bits per heavy atom. The molecular formula is C41H31F3N4O2. The second-order valence-electron chi connectivity index (χ2n) is 12.9. The van der Waals surface area contributed by atoms with Crippen molar-refractivity contribution < 1.29 is 27.6 Å². The highest BCUT2D eigenvalue weighted by atomic mass is 19.2. The van der Waals surface area contributed by atoms with Gasteiger partial charge < -0.3 is 14.8 Å². The van der Waals surface area contributed by atoms with Crippen molar-refractivity contribution in [3.63, 3.8) is 0 Å². The molecule has 1 atom stereocenters. The number of halogens is 3. The van der Waals surface area contributed by atoms with E-state index in [1.807, 2.05) is 110 Å². The van der Waals surface area contributed by atoms with E-state index < -0.39 is 51.1 Å². The van der Waals surface area contributed by atoms with E-state index in [-0.39, 0.29) is 5.57 Å². The van der Waals surface area contributed by atoms with Gasteiger partial charge in [0.15, 0.2) is 17.7 Å². The third kappa shape index (κ3) is 5.19. The summed E-state index contributed by atoms with van der Waals surface area (Å²) in [5.74, 6) is -7.51. The first kappa shape index (κ1) is 33.7. The minimum Gasteiger partial charge on any atom is -0.545 e. The van der Waals surface area contributed by atoms with Crippen LogP contribution in [0.5, 0.6) is 0 Å². The number of carboxylic acids is 1. The van der Waals surface area contributed by atoms with Crippen LogP contribution in [0.1, 0.15) is 53.4 Å². The average Bonchev–Trinajstić information content (AvgIpc) is 3.13. The molecule has 248 valence electrons. The molecule has 0 fully saturated rings. The van der Waals surface area contributed by atoms with E-state index in [2.05, 4.69) is 4.85 Å². The van der Waals surface area contributed by atoms with Crippen molar-refractivity contribution in [2.24, 2.45) is 0 Å². The van der Waals surface area contributed by atoms with E-state index in [9.17, 15) is 15.2 Å². The highest BCUT2D eigenvalue weighted by molar-refractivity contribution is 6.08. The van der Waals surface area contributed by atoms with Crippen LogP contribution in [0.3, 0.4) is 0 Å². The van der Waals surface area contributed by atoms with Gasteiger partial charge in [0.1, 0.15) is 18.4 Å². The molecule has 6 rings (SSSR count). The van der Waals surface area contributed by atoms with Gasteiger partial charge in [-0.05, 0) is 52.6 Å². The molecule has 0 aliphatic heterocycles. The number of anilines is 2. The van der Waals surface area contributed by atoms with E-state index in [4.69, 9.17) is 6.57 Å². The van der Waals surface area contributed by atoms with Crippen LogP contribution in [-0.2, 0) is 11.0 Å². The summed E-state index contributed by atoms with van der Waals surface area (Å²) in [6.07, 6.45) is 5.39. The molecule has 4 aromatic rings. The highest BCUT2D eigenvalue weighted by Gasteiger charge is 2.46. The topological polar surface area (TPSA) is 74.5 Å².